The van der Waals surface area contributed by atoms with Gasteiger partial charge in [-0.2, -0.15) is 0 Å². The topological polar surface area (TPSA) is 134 Å². The molecule has 0 unspecified atom stereocenters. The molecule has 9 heteroatoms. The van der Waals surface area contributed by atoms with E-state index in [0.717, 1.165) is 30.4 Å². The van der Waals surface area contributed by atoms with Crippen molar-refractivity contribution in [3.05, 3.63) is 82.3 Å². The Morgan fingerprint density at radius 3 is 2.35 bits per heavy atom. The van der Waals surface area contributed by atoms with Crippen LogP contribution in [0.5, 0.6) is 0 Å². The number of amides is 2. The highest BCUT2D eigenvalue weighted by molar-refractivity contribution is 6.10. The Morgan fingerprint density at radius 2 is 1.76 bits per heavy atom. The van der Waals surface area contributed by atoms with E-state index in [1.54, 1.807) is 7.05 Å². The van der Waals surface area contributed by atoms with Crippen molar-refractivity contribution >= 4 is 23.0 Å². The SMILES string of the molecule is Cn1cc(C(=O)NCCO)c2oc(-c3ccc(C4(NC(=O)O)CCC4)cc3)c(-c3ccccc3)c2c1=O. The van der Waals surface area contributed by atoms with Gasteiger partial charge in [0.2, 0.25) is 0 Å². The quantitative estimate of drug-likeness (QED) is 0.304. The number of nitrogens with zero attached hydrogens (tertiary/aromatic N) is 1. The van der Waals surface area contributed by atoms with Crippen LogP contribution in [0, 0.1) is 0 Å². The molecule has 0 bridgehead atoms. The average molecular weight is 502 g/mol. The number of carboxylic acid groups (broad SMARTS) is 1. The number of pyridine rings is 1. The number of furan rings is 1. The van der Waals surface area contributed by atoms with Crippen LogP contribution in [0.25, 0.3) is 33.4 Å². The number of fused-ring (bicyclic) bond motifs is 1. The van der Waals surface area contributed by atoms with Gasteiger partial charge >= 0.3 is 6.09 Å². The Balaban J connectivity index is 1.71. The van der Waals surface area contributed by atoms with Crippen molar-refractivity contribution in [2.45, 2.75) is 24.8 Å². The normalized spacial score (nSPS) is 14.2. The molecular formula is C28H27N3O6. The Morgan fingerprint density at radius 1 is 1.05 bits per heavy atom. The van der Waals surface area contributed by atoms with Crippen molar-refractivity contribution in [3.8, 4) is 22.5 Å². The Bertz CT molecular complexity index is 1530. The van der Waals surface area contributed by atoms with Gasteiger partial charge in [0, 0.05) is 30.9 Å². The van der Waals surface area contributed by atoms with Crippen molar-refractivity contribution in [2.75, 3.05) is 13.2 Å². The van der Waals surface area contributed by atoms with E-state index in [0.29, 0.717) is 16.9 Å². The molecule has 1 aliphatic carbocycles. The minimum atomic E-state index is -1.06. The summed E-state index contributed by atoms with van der Waals surface area (Å²) in [5.74, 6) is -0.0299. The number of nitrogens with one attached hydrogen (secondary N) is 2. The summed E-state index contributed by atoms with van der Waals surface area (Å²) < 4.78 is 7.64. The highest BCUT2D eigenvalue weighted by atomic mass is 16.4. The maximum Gasteiger partial charge on any atom is 0.405 e. The first-order valence-corrected chi connectivity index (χ1v) is 12.1. The molecule has 4 N–H and O–H groups in total. The van der Waals surface area contributed by atoms with Gasteiger partial charge in [-0.3, -0.25) is 9.59 Å². The fraction of sp³-hybridized carbons (Fsp3) is 0.250. The molecule has 4 aromatic rings. The van der Waals surface area contributed by atoms with Crippen LogP contribution in [-0.4, -0.2) is 39.9 Å². The number of aliphatic hydroxyl groups excluding tert-OH is 1. The lowest BCUT2D eigenvalue weighted by molar-refractivity contribution is 0.0944. The molecule has 0 radical (unpaired) electrons. The molecule has 9 nitrogen and oxygen atoms in total. The summed E-state index contributed by atoms with van der Waals surface area (Å²) in [5, 5.41) is 24.0. The second-order valence-corrected chi connectivity index (χ2v) is 9.26. The van der Waals surface area contributed by atoms with Gasteiger partial charge in [0.15, 0.2) is 5.58 Å². The third-order valence-corrected chi connectivity index (χ3v) is 6.97. The second-order valence-electron chi connectivity index (χ2n) is 9.26. The van der Waals surface area contributed by atoms with Gasteiger partial charge in [0.25, 0.3) is 11.5 Å². The summed E-state index contributed by atoms with van der Waals surface area (Å²) >= 11 is 0. The highest BCUT2D eigenvalue weighted by Gasteiger charge is 2.40. The maximum absolute atomic E-state index is 13.4. The predicted octanol–water partition coefficient (Wildman–Crippen LogP) is 3.83. The van der Waals surface area contributed by atoms with E-state index in [1.807, 2.05) is 54.6 Å². The standard InChI is InChI=1S/C28H27N3O6/c1-31-16-20(25(33)29-14-15-32)24-22(26(31)34)21(17-6-3-2-4-7-17)23(37-24)18-8-10-19(11-9-18)28(12-5-13-28)30-27(35)36/h2-4,6-11,16,30,32H,5,12-15H2,1H3,(H,29,33)(H,35,36). The molecule has 1 aliphatic rings. The molecule has 0 spiro atoms. The molecule has 0 saturated heterocycles. The molecule has 1 fully saturated rings. The zero-order valence-electron chi connectivity index (χ0n) is 20.3. The van der Waals surface area contributed by atoms with E-state index in [-0.39, 0.29) is 35.2 Å². The number of aliphatic hydroxyl groups is 1. The molecule has 5 rings (SSSR count). The van der Waals surface area contributed by atoms with Gasteiger partial charge in [0.1, 0.15) is 5.76 Å². The summed E-state index contributed by atoms with van der Waals surface area (Å²) in [7, 11) is 1.58. The van der Waals surface area contributed by atoms with Crippen LogP contribution in [-0.2, 0) is 12.6 Å². The molecular weight excluding hydrogens is 474 g/mol. The molecule has 2 amide bonds. The lowest BCUT2D eigenvalue weighted by Crippen LogP contribution is -2.50. The molecule has 2 aromatic heterocycles. The molecule has 0 aliphatic heterocycles. The van der Waals surface area contributed by atoms with E-state index < -0.39 is 17.5 Å². The second kappa shape index (κ2) is 9.59. The highest BCUT2D eigenvalue weighted by Crippen LogP contribution is 2.44. The van der Waals surface area contributed by atoms with Crippen LogP contribution in [0.1, 0.15) is 35.2 Å². The number of hydrogen-bond donors (Lipinski definition) is 4. The lowest BCUT2D eigenvalue weighted by atomic mass is 9.72. The summed E-state index contributed by atoms with van der Waals surface area (Å²) in [6.07, 6.45) is 2.76. The average Bonchev–Trinajstić information content (AvgIpc) is 3.28. The lowest BCUT2D eigenvalue weighted by Gasteiger charge is -2.42. The third-order valence-electron chi connectivity index (χ3n) is 6.97. The molecule has 0 atom stereocenters. The van der Waals surface area contributed by atoms with Crippen molar-refractivity contribution < 1.29 is 24.2 Å². The largest absolute Gasteiger partial charge is 0.465 e. The number of carbonyl (C=O) groups excluding carboxylic acids is 1. The predicted molar refractivity (Wildman–Crippen MR) is 138 cm³/mol. The molecule has 1 saturated carbocycles. The molecule has 190 valence electrons. The number of aryl methyl sites for hydroxylation is 1. The van der Waals surface area contributed by atoms with Crippen LogP contribution < -0.4 is 16.2 Å². The number of rotatable bonds is 7. The number of hydrogen-bond acceptors (Lipinski definition) is 5. The van der Waals surface area contributed by atoms with Crippen molar-refractivity contribution in [3.63, 3.8) is 0 Å². The summed E-state index contributed by atoms with van der Waals surface area (Å²) in [5.41, 5.74) is 2.32. The summed E-state index contributed by atoms with van der Waals surface area (Å²) in [6, 6.07) is 16.8. The van der Waals surface area contributed by atoms with Crippen molar-refractivity contribution in [1.82, 2.24) is 15.2 Å². The van der Waals surface area contributed by atoms with Crippen LogP contribution in [0.2, 0.25) is 0 Å². The smallest absolute Gasteiger partial charge is 0.405 e. The van der Waals surface area contributed by atoms with Crippen molar-refractivity contribution in [2.24, 2.45) is 7.05 Å². The van der Waals surface area contributed by atoms with Gasteiger partial charge in [-0.15, -0.1) is 0 Å². The summed E-state index contributed by atoms with van der Waals surface area (Å²) in [4.78, 5) is 37.6. The van der Waals surface area contributed by atoms with E-state index in [9.17, 15) is 19.5 Å². The molecule has 37 heavy (non-hydrogen) atoms. The van der Waals surface area contributed by atoms with Gasteiger partial charge in [-0.25, -0.2) is 4.79 Å². The fourth-order valence-corrected chi connectivity index (χ4v) is 4.98. The fourth-order valence-electron chi connectivity index (χ4n) is 4.98. The number of aromatic nitrogens is 1. The van der Waals surface area contributed by atoms with Gasteiger partial charge in [-0.1, -0.05) is 54.6 Å². The van der Waals surface area contributed by atoms with Crippen LogP contribution in [0.15, 0.2) is 70.0 Å². The van der Waals surface area contributed by atoms with Crippen molar-refractivity contribution in [1.29, 1.82) is 0 Å². The summed E-state index contributed by atoms with van der Waals surface area (Å²) in [6.45, 7) is -0.153. The maximum atomic E-state index is 13.4. The first-order chi connectivity index (χ1) is 17.8. The van der Waals surface area contributed by atoms with E-state index in [1.165, 1.54) is 10.8 Å². The Kier molecular flexibility index (Phi) is 6.31. The number of carbonyl (C=O) groups is 2. The van der Waals surface area contributed by atoms with Crippen LogP contribution in [0.4, 0.5) is 4.79 Å². The van der Waals surface area contributed by atoms with Crippen LogP contribution >= 0.6 is 0 Å². The van der Waals surface area contributed by atoms with E-state index in [2.05, 4.69) is 10.6 Å². The van der Waals surface area contributed by atoms with Gasteiger partial charge in [0.05, 0.1) is 23.1 Å². The van der Waals surface area contributed by atoms with Gasteiger partial charge in [-0.05, 0) is 30.4 Å². The third kappa shape index (κ3) is 4.27. The Hall–Kier alpha value is -4.37. The van der Waals surface area contributed by atoms with E-state index >= 15 is 0 Å². The van der Waals surface area contributed by atoms with Gasteiger partial charge < -0.3 is 29.8 Å². The van der Waals surface area contributed by atoms with E-state index in [4.69, 9.17) is 9.52 Å². The molecule has 2 aromatic carbocycles. The zero-order chi connectivity index (χ0) is 26.2. The first kappa shape index (κ1) is 24.3. The minimum absolute atomic E-state index is 0.0653. The zero-order valence-corrected chi connectivity index (χ0v) is 20.3. The number of benzene rings is 2. The monoisotopic (exact) mass is 501 g/mol. The molecule has 2 heterocycles. The minimum Gasteiger partial charge on any atom is -0.465 e. The van der Waals surface area contributed by atoms with Crippen LogP contribution in [0.3, 0.4) is 0 Å². The first-order valence-electron chi connectivity index (χ1n) is 12.1. The Labute approximate surface area is 212 Å².